The summed E-state index contributed by atoms with van der Waals surface area (Å²) in [5, 5.41) is 0. The Labute approximate surface area is 167 Å². The molecule has 4 rings (SSSR count). The molecule has 2 heteroatoms. The van der Waals surface area contributed by atoms with Crippen LogP contribution in [0, 0.1) is 27.7 Å². The van der Waals surface area contributed by atoms with Crippen LogP contribution in [-0.2, 0) is 0 Å². The van der Waals surface area contributed by atoms with Crippen molar-refractivity contribution in [1.82, 2.24) is 9.97 Å². The molecule has 0 saturated heterocycles. The molecule has 1 aromatic heterocycles. The second-order valence-corrected chi connectivity index (χ2v) is 7.58. The van der Waals surface area contributed by atoms with E-state index in [0.717, 1.165) is 33.9 Å². The Morgan fingerprint density at radius 3 is 1.46 bits per heavy atom. The number of hydrogen-bond donors (Lipinski definition) is 0. The van der Waals surface area contributed by atoms with Crippen molar-refractivity contribution in [2.24, 2.45) is 0 Å². The van der Waals surface area contributed by atoms with Gasteiger partial charge in [0.05, 0.1) is 11.4 Å². The van der Waals surface area contributed by atoms with Crippen molar-refractivity contribution >= 4 is 0 Å². The predicted octanol–water partition coefficient (Wildman–Crippen LogP) is 6.71. The third-order valence-electron chi connectivity index (χ3n) is 4.79. The van der Waals surface area contributed by atoms with E-state index in [4.69, 9.17) is 9.97 Å². The van der Waals surface area contributed by atoms with Crippen molar-refractivity contribution in [3.05, 3.63) is 95.1 Å². The van der Waals surface area contributed by atoms with Crippen LogP contribution >= 0.6 is 0 Å². The largest absolute Gasteiger partial charge is 0.228 e. The first-order valence-corrected chi connectivity index (χ1v) is 9.60. The first kappa shape index (κ1) is 18.1. The van der Waals surface area contributed by atoms with E-state index in [2.05, 4.69) is 82.3 Å². The lowest BCUT2D eigenvalue weighted by molar-refractivity contribution is 1.17. The van der Waals surface area contributed by atoms with Crippen LogP contribution in [0.15, 0.2) is 72.8 Å². The molecule has 0 atom stereocenters. The van der Waals surface area contributed by atoms with E-state index in [1.165, 1.54) is 22.3 Å². The Hall–Kier alpha value is -3.26. The first-order chi connectivity index (χ1) is 13.5. The monoisotopic (exact) mass is 364 g/mol. The summed E-state index contributed by atoms with van der Waals surface area (Å²) >= 11 is 0. The van der Waals surface area contributed by atoms with Crippen LogP contribution in [0.3, 0.4) is 0 Å². The summed E-state index contributed by atoms with van der Waals surface area (Å²) in [6, 6.07) is 25.5. The lowest BCUT2D eigenvalue weighted by Gasteiger charge is -2.11. The average molecular weight is 364 g/mol. The fourth-order valence-corrected chi connectivity index (χ4v) is 3.71. The van der Waals surface area contributed by atoms with E-state index in [1.807, 2.05) is 18.2 Å². The fourth-order valence-electron chi connectivity index (χ4n) is 3.71. The highest BCUT2D eigenvalue weighted by Crippen LogP contribution is 2.29. The van der Waals surface area contributed by atoms with Crippen molar-refractivity contribution in [1.29, 1.82) is 0 Å². The Bertz CT molecular complexity index is 1030. The van der Waals surface area contributed by atoms with Crippen LogP contribution in [0.2, 0.25) is 0 Å². The second-order valence-electron chi connectivity index (χ2n) is 7.58. The van der Waals surface area contributed by atoms with Gasteiger partial charge >= 0.3 is 0 Å². The summed E-state index contributed by atoms with van der Waals surface area (Å²) in [6.45, 7) is 8.48. The van der Waals surface area contributed by atoms with Gasteiger partial charge in [0.25, 0.3) is 0 Å². The van der Waals surface area contributed by atoms with Gasteiger partial charge in [-0.3, -0.25) is 0 Å². The summed E-state index contributed by atoms with van der Waals surface area (Å²) in [6.07, 6.45) is 0. The SMILES string of the molecule is Cc1cc(C)cc(-c2cc(-c3ccccc3)nc(-c3cc(C)cc(C)c3)n2)c1. The number of hydrogen-bond acceptors (Lipinski definition) is 2. The van der Waals surface area contributed by atoms with Crippen molar-refractivity contribution in [3.63, 3.8) is 0 Å². The molecule has 0 bridgehead atoms. The molecule has 0 N–H and O–H groups in total. The third kappa shape index (κ3) is 3.86. The molecule has 28 heavy (non-hydrogen) atoms. The number of benzene rings is 3. The molecular weight excluding hydrogens is 340 g/mol. The molecule has 0 amide bonds. The van der Waals surface area contributed by atoms with Gasteiger partial charge in [-0.05, 0) is 58.0 Å². The van der Waals surface area contributed by atoms with E-state index in [1.54, 1.807) is 0 Å². The topological polar surface area (TPSA) is 25.8 Å². The lowest BCUT2D eigenvalue weighted by atomic mass is 10.0. The Kier molecular flexibility index (Phi) is 4.79. The first-order valence-electron chi connectivity index (χ1n) is 9.60. The van der Waals surface area contributed by atoms with Crippen LogP contribution in [0.25, 0.3) is 33.9 Å². The molecular formula is C26H24N2. The Morgan fingerprint density at radius 1 is 0.464 bits per heavy atom. The van der Waals surface area contributed by atoms with E-state index in [-0.39, 0.29) is 0 Å². The quantitative estimate of drug-likeness (QED) is 0.404. The van der Waals surface area contributed by atoms with Crippen LogP contribution in [0.1, 0.15) is 22.3 Å². The molecule has 2 nitrogen and oxygen atoms in total. The number of aryl methyl sites for hydroxylation is 4. The molecule has 0 aliphatic rings. The second kappa shape index (κ2) is 7.40. The van der Waals surface area contributed by atoms with E-state index >= 15 is 0 Å². The summed E-state index contributed by atoms with van der Waals surface area (Å²) in [5.74, 6) is 0.766. The van der Waals surface area contributed by atoms with Crippen LogP contribution in [-0.4, -0.2) is 9.97 Å². The molecule has 0 radical (unpaired) electrons. The van der Waals surface area contributed by atoms with Gasteiger partial charge in [-0.25, -0.2) is 9.97 Å². The van der Waals surface area contributed by atoms with Gasteiger partial charge in [0.1, 0.15) is 0 Å². The molecule has 3 aromatic carbocycles. The maximum absolute atomic E-state index is 4.95. The normalized spacial score (nSPS) is 10.9. The highest BCUT2D eigenvalue weighted by molar-refractivity contribution is 5.72. The summed E-state index contributed by atoms with van der Waals surface area (Å²) < 4.78 is 0. The van der Waals surface area contributed by atoms with Gasteiger partial charge in [-0.15, -0.1) is 0 Å². The van der Waals surface area contributed by atoms with Gasteiger partial charge in [0.2, 0.25) is 0 Å². The van der Waals surface area contributed by atoms with E-state index in [9.17, 15) is 0 Å². The zero-order valence-electron chi connectivity index (χ0n) is 16.8. The molecule has 0 unspecified atom stereocenters. The standard InChI is InChI=1S/C26H24N2/c1-17-10-18(2)13-22(12-17)25-16-24(21-8-6-5-7-9-21)27-26(28-25)23-14-19(3)11-20(4)15-23/h5-16H,1-4H3. The van der Waals surface area contributed by atoms with Crippen molar-refractivity contribution in [2.75, 3.05) is 0 Å². The van der Waals surface area contributed by atoms with Crippen LogP contribution < -0.4 is 0 Å². The molecule has 1 heterocycles. The zero-order valence-corrected chi connectivity index (χ0v) is 16.8. The highest BCUT2D eigenvalue weighted by Gasteiger charge is 2.11. The number of aromatic nitrogens is 2. The minimum Gasteiger partial charge on any atom is -0.228 e. The van der Waals surface area contributed by atoms with Crippen molar-refractivity contribution in [2.45, 2.75) is 27.7 Å². The van der Waals surface area contributed by atoms with Crippen molar-refractivity contribution < 1.29 is 0 Å². The number of nitrogens with zero attached hydrogens (tertiary/aromatic N) is 2. The minimum atomic E-state index is 0.766. The van der Waals surface area contributed by atoms with Gasteiger partial charge < -0.3 is 0 Å². The van der Waals surface area contributed by atoms with Crippen LogP contribution in [0.4, 0.5) is 0 Å². The molecule has 4 aromatic rings. The fraction of sp³-hybridized carbons (Fsp3) is 0.154. The lowest BCUT2D eigenvalue weighted by Crippen LogP contribution is -1.97. The summed E-state index contributed by atoms with van der Waals surface area (Å²) in [5.41, 5.74) is 10.1. The Balaban J connectivity index is 1.95. The maximum Gasteiger partial charge on any atom is 0.160 e. The van der Waals surface area contributed by atoms with Gasteiger partial charge in [0.15, 0.2) is 5.82 Å². The summed E-state index contributed by atoms with van der Waals surface area (Å²) in [4.78, 5) is 9.87. The molecule has 0 fully saturated rings. The zero-order chi connectivity index (χ0) is 19.7. The Morgan fingerprint density at radius 2 is 0.929 bits per heavy atom. The smallest absolute Gasteiger partial charge is 0.160 e. The van der Waals surface area contributed by atoms with E-state index < -0.39 is 0 Å². The molecule has 0 saturated carbocycles. The molecule has 138 valence electrons. The molecule has 0 spiro atoms. The van der Waals surface area contributed by atoms with E-state index in [0.29, 0.717) is 0 Å². The average Bonchev–Trinajstić information content (AvgIpc) is 2.67. The van der Waals surface area contributed by atoms with Crippen LogP contribution in [0.5, 0.6) is 0 Å². The number of rotatable bonds is 3. The predicted molar refractivity (Wildman–Crippen MR) is 117 cm³/mol. The summed E-state index contributed by atoms with van der Waals surface area (Å²) in [7, 11) is 0. The van der Waals surface area contributed by atoms with Gasteiger partial charge in [-0.2, -0.15) is 0 Å². The third-order valence-corrected chi connectivity index (χ3v) is 4.79. The molecule has 0 aliphatic heterocycles. The van der Waals surface area contributed by atoms with Crippen molar-refractivity contribution in [3.8, 4) is 33.9 Å². The maximum atomic E-state index is 4.95. The molecule has 0 aliphatic carbocycles. The minimum absolute atomic E-state index is 0.766. The van der Waals surface area contributed by atoms with Gasteiger partial charge in [-0.1, -0.05) is 64.7 Å². The highest BCUT2D eigenvalue weighted by atomic mass is 14.9. The van der Waals surface area contributed by atoms with Gasteiger partial charge in [0, 0.05) is 16.7 Å².